The van der Waals surface area contributed by atoms with Gasteiger partial charge < -0.3 is 5.32 Å². The minimum atomic E-state index is 0.569. The first kappa shape index (κ1) is 9.28. The normalized spacial score (nSPS) is 20.9. The summed E-state index contributed by atoms with van der Waals surface area (Å²) in [6.45, 7) is 6.17. The van der Waals surface area contributed by atoms with Gasteiger partial charge in [-0.1, -0.05) is 32.9 Å². The molecule has 1 N–H and O–H groups in total. The molecule has 0 bridgehead atoms. The second-order valence-corrected chi connectivity index (χ2v) is 1.93. The summed E-state index contributed by atoms with van der Waals surface area (Å²) in [4.78, 5) is 0. The zero-order valence-corrected chi connectivity index (χ0v) is 7.09. The van der Waals surface area contributed by atoms with Gasteiger partial charge in [-0.15, -0.1) is 0 Å². The second-order valence-electron chi connectivity index (χ2n) is 1.93. The molecule has 58 valence electrons. The summed E-state index contributed by atoms with van der Waals surface area (Å²) >= 11 is 0. The first-order chi connectivity index (χ1) is 4.93. The Morgan fingerprint density at radius 2 is 2.00 bits per heavy atom. The molecule has 1 atom stereocenters. The van der Waals surface area contributed by atoms with Crippen LogP contribution in [0.1, 0.15) is 27.2 Å². The van der Waals surface area contributed by atoms with Crippen molar-refractivity contribution in [3.05, 3.63) is 24.4 Å². The summed E-state index contributed by atoms with van der Waals surface area (Å²) in [6.07, 6.45) is 9.39. The Balaban J connectivity index is 0.000000371. The molecule has 0 radical (unpaired) electrons. The molecule has 1 rings (SSSR count). The third kappa shape index (κ3) is 3.33. The van der Waals surface area contributed by atoms with Crippen molar-refractivity contribution >= 4 is 0 Å². The van der Waals surface area contributed by atoms with E-state index in [1.165, 1.54) is 6.42 Å². The van der Waals surface area contributed by atoms with Gasteiger partial charge in [0.2, 0.25) is 0 Å². The molecule has 0 saturated heterocycles. The predicted octanol–water partition coefficient (Wildman–Crippen LogP) is 2.46. The van der Waals surface area contributed by atoms with E-state index in [2.05, 4.69) is 24.4 Å². The van der Waals surface area contributed by atoms with Gasteiger partial charge in [0.25, 0.3) is 0 Å². The van der Waals surface area contributed by atoms with Crippen LogP contribution in [0.15, 0.2) is 24.4 Å². The number of allylic oxidation sites excluding steroid dienone is 2. The van der Waals surface area contributed by atoms with Gasteiger partial charge in [-0.2, -0.15) is 0 Å². The molecule has 0 aromatic carbocycles. The van der Waals surface area contributed by atoms with Gasteiger partial charge in [0, 0.05) is 6.04 Å². The summed E-state index contributed by atoms with van der Waals surface area (Å²) in [5.74, 6) is 0. The summed E-state index contributed by atoms with van der Waals surface area (Å²) in [7, 11) is 0. The third-order valence-electron chi connectivity index (χ3n) is 1.30. The maximum atomic E-state index is 3.20. The molecular formula is C9H17N. The molecule has 1 nitrogen and oxygen atoms in total. The van der Waals surface area contributed by atoms with Crippen molar-refractivity contribution in [3.8, 4) is 0 Å². The van der Waals surface area contributed by atoms with Crippen molar-refractivity contribution in [1.82, 2.24) is 5.32 Å². The number of nitrogens with one attached hydrogen (secondary N) is 1. The highest BCUT2D eigenvalue weighted by Gasteiger charge is 1.96. The van der Waals surface area contributed by atoms with E-state index in [-0.39, 0.29) is 0 Å². The summed E-state index contributed by atoms with van der Waals surface area (Å²) in [6, 6.07) is 0.569. The maximum absolute atomic E-state index is 3.20. The van der Waals surface area contributed by atoms with Crippen LogP contribution in [0.3, 0.4) is 0 Å². The van der Waals surface area contributed by atoms with Gasteiger partial charge in [-0.3, -0.25) is 0 Å². The Morgan fingerprint density at radius 1 is 1.30 bits per heavy atom. The lowest BCUT2D eigenvalue weighted by Gasteiger charge is -2.11. The fourth-order valence-electron chi connectivity index (χ4n) is 0.742. The summed E-state index contributed by atoms with van der Waals surface area (Å²) < 4.78 is 0. The first-order valence-electron chi connectivity index (χ1n) is 4.03. The van der Waals surface area contributed by atoms with Crippen LogP contribution in [0.2, 0.25) is 0 Å². The van der Waals surface area contributed by atoms with Crippen molar-refractivity contribution < 1.29 is 0 Å². The molecule has 0 spiro atoms. The zero-order valence-electron chi connectivity index (χ0n) is 7.09. The fourth-order valence-corrected chi connectivity index (χ4v) is 0.742. The minimum absolute atomic E-state index is 0.569. The number of hydrogen-bond donors (Lipinski definition) is 1. The molecular weight excluding hydrogens is 122 g/mol. The highest BCUT2D eigenvalue weighted by Crippen LogP contribution is 1.96. The number of dihydropyridines is 1. The van der Waals surface area contributed by atoms with E-state index in [1.807, 2.05) is 26.1 Å². The molecule has 0 saturated carbocycles. The van der Waals surface area contributed by atoms with Crippen molar-refractivity contribution in [3.63, 3.8) is 0 Å². The van der Waals surface area contributed by atoms with Crippen LogP contribution in [0.4, 0.5) is 0 Å². The lowest BCUT2D eigenvalue weighted by atomic mass is 10.2. The molecule has 1 aliphatic rings. The van der Waals surface area contributed by atoms with E-state index < -0.39 is 0 Å². The van der Waals surface area contributed by atoms with Crippen LogP contribution in [0, 0.1) is 0 Å². The average molecular weight is 139 g/mol. The molecule has 0 aromatic heterocycles. The Bertz CT molecular complexity index is 114. The van der Waals surface area contributed by atoms with E-state index in [4.69, 9.17) is 0 Å². The van der Waals surface area contributed by atoms with Gasteiger partial charge in [0.1, 0.15) is 0 Å². The minimum Gasteiger partial charge on any atom is -0.385 e. The molecule has 0 aliphatic carbocycles. The maximum Gasteiger partial charge on any atom is 0.0439 e. The third-order valence-corrected chi connectivity index (χ3v) is 1.30. The largest absolute Gasteiger partial charge is 0.385 e. The van der Waals surface area contributed by atoms with Crippen LogP contribution >= 0.6 is 0 Å². The molecule has 1 heterocycles. The van der Waals surface area contributed by atoms with E-state index in [9.17, 15) is 0 Å². The Morgan fingerprint density at radius 3 is 2.30 bits per heavy atom. The van der Waals surface area contributed by atoms with Crippen LogP contribution in [-0.4, -0.2) is 6.04 Å². The van der Waals surface area contributed by atoms with E-state index in [1.54, 1.807) is 0 Å². The SMILES string of the molecule is CC.CCC1C=CC=CN1. The van der Waals surface area contributed by atoms with Gasteiger partial charge >= 0.3 is 0 Å². The smallest absolute Gasteiger partial charge is 0.0439 e. The van der Waals surface area contributed by atoms with Gasteiger partial charge in [-0.05, 0) is 18.7 Å². The van der Waals surface area contributed by atoms with E-state index in [0.29, 0.717) is 6.04 Å². The first-order valence-corrected chi connectivity index (χ1v) is 4.03. The molecule has 1 heteroatoms. The zero-order chi connectivity index (χ0) is 7.82. The molecule has 10 heavy (non-hydrogen) atoms. The monoisotopic (exact) mass is 139 g/mol. The van der Waals surface area contributed by atoms with Crippen LogP contribution in [-0.2, 0) is 0 Å². The number of rotatable bonds is 1. The molecule has 0 fully saturated rings. The van der Waals surface area contributed by atoms with Crippen LogP contribution in [0.5, 0.6) is 0 Å². The lowest BCUT2D eigenvalue weighted by molar-refractivity contribution is 0.670. The molecule has 0 amide bonds. The van der Waals surface area contributed by atoms with Crippen molar-refractivity contribution in [2.45, 2.75) is 33.2 Å². The van der Waals surface area contributed by atoms with Crippen LogP contribution < -0.4 is 5.32 Å². The molecule has 0 aromatic rings. The van der Waals surface area contributed by atoms with Crippen LogP contribution in [0.25, 0.3) is 0 Å². The second kappa shape index (κ2) is 6.40. The standard InChI is InChI=1S/C7H11N.C2H6/c1-2-7-5-3-4-6-8-7;1-2/h3-8H,2H2,1H3;1-2H3. The van der Waals surface area contributed by atoms with Crippen molar-refractivity contribution in [1.29, 1.82) is 0 Å². The quantitative estimate of drug-likeness (QED) is 0.588. The van der Waals surface area contributed by atoms with Gasteiger partial charge in [-0.25, -0.2) is 0 Å². The average Bonchev–Trinajstić information content (AvgIpc) is 2.10. The topological polar surface area (TPSA) is 12.0 Å². The predicted molar refractivity (Wildman–Crippen MR) is 46.8 cm³/mol. The molecule has 1 aliphatic heterocycles. The summed E-state index contributed by atoms with van der Waals surface area (Å²) in [5.41, 5.74) is 0. The van der Waals surface area contributed by atoms with Gasteiger partial charge in [0.15, 0.2) is 0 Å². The summed E-state index contributed by atoms with van der Waals surface area (Å²) in [5, 5.41) is 3.20. The van der Waals surface area contributed by atoms with E-state index in [0.717, 1.165) is 0 Å². The Kier molecular flexibility index (Phi) is 5.94. The highest BCUT2D eigenvalue weighted by atomic mass is 14.9. The highest BCUT2D eigenvalue weighted by molar-refractivity contribution is 5.11. The van der Waals surface area contributed by atoms with Gasteiger partial charge in [0.05, 0.1) is 0 Å². The lowest BCUT2D eigenvalue weighted by Crippen LogP contribution is -2.21. The molecule has 1 unspecified atom stereocenters. The van der Waals surface area contributed by atoms with Crippen molar-refractivity contribution in [2.75, 3.05) is 0 Å². The fraction of sp³-hybridized carbons (Fsp3) is 0.556. The number of hydrogen-bond acceptors (Lipinski definition) is 1. The van der Waals surface area contributed by atoms with E-state index >= 15 is 0 Å². The Labute approximate surface area is 63.8 Å². The van der Waals surface area contributed by atoms with Crippen molar-refractivity contribution in [2.24, 2.45) is 0 Å². The Hall–Kier alpha value is -0.720.